The Morgan fingerprint density at radius 2 is 1.67 bits per heavy atom. The highest BCUT2D eigenvalue weighted by Gasteiger charge is 2.15. The number of benzene rings is 2. The average molecular weight is 323 g/mol. The Kier molecular flexibility index (Phi) is 3.99. The van der Waals surface area contributed by atoms with Crippen LogP contribution in [0.3, 0.4) is 0 Å². The number of anilines is 1. The first-order valence-electron chi connectivity index (χ1n) is 8.25. The molecule has 5 heteroatoms. The first kappa shape index (κ1) is 14.9. The van der Waals surface area contributed by atoms with Crippen LogP contribution in [0.4, 0.5) is 10.1 Å². The van der Waals surface area contributed by atoms with Gasteiger partial charge in [-0.05, 0) is 55.7 Å². The second-order valence-corrected chi connectivity index (χ2v) is 6.00. The molecule has 0 N–H and O–H groups in total. The monoisotopic (exact) mass is 323 g/mol. The van der Waals surface area contributed by atoms with Crippen LogP contribution in [0.25, 0.3) is 22.8 Å². The maximum Gasteiger partial charge on any atom is 0.261 e. The molecule has 0 aliphatic carbocycles. The van der Waals surface area contributed by atoms with Crippen molar-refractivity contribution in [3.8, 4) is 22.8 Å². The van der Waals surface area contributed by atoms with E-state index < -0.39 is 0 Å². The van der Waals surface area contributed by atoms with Crippen LogP contribution >= 0.6 is 0 Å². The topological polar surface area (TPSA) is 42.2 Å². The van der Waals surface area contributed by atoms with E-state index in [4.69, 9.17) is 4.52 Å². The molecule has 1 aliphatic heterocycles. The van der Waals surface area contributed by atoms with Gasteiger partial charge in [0, 0.05) is 24.3 Å². The van der Waals surface area contributed by atoms with Crippen molar-refractivity contribution >= 4 is 5.69 Å². The van der Waals surface area contributed by atoms with E-state index in [-0.39, 0.29) is 11.7 Å². The van der Waals surface area contributed by atoms with Crippen molar-refractivity contribution in [1.82, 2.24) is 10.1 Å². The van der Waals surface area contributed by atoms with E-state index in [1.54, 1.807) is 18.2 Å². The predicted molar refractivity (Wildman–Crippen MR) is 91.2 cm³/mol. The molecular formula is C19H18FN3O. The van der Waals surface area contributed by atoms with Gasteiger partial charge < -0.3 is 9.42 Å². The number of halogens is 1. The molecule has 0 radical (unpaired) electrons. The summed E-state index contributed by atoms with van der Waals surface area (Å²) in [5.74, 6) is 0.301. The zero-order valence-corrected chi connectivity index (χ0v) is 13.3. The van der Waals surface area contributed by atoms with Gasteiger partial charge in [-0.25, -0.2) is 4.39 Å². The average Bonchev–Trinajstić information content (AvgIpc) is 3.13. The van der Waals surface area contributed by atoms with Crippen molar-refractivity contribution in [2.24, 2.45) is 0 Å². The van der Waals surface area contributed by atoms with Crippen molar-refractivity contribution in [2.75, 3.05) is 18.0 Å². The van der Waals surface area contributed by atoms with Crippen LogP contribution in [0.5, 0.6) is 0 Å². The SMILES string of the molecule is Fc1ccccc1-c1nc(-c2ccc(N3CCCCC3)cc2)no1. The second-order valence-electron chi connectivity index (χ2n) is 6.00. The van der Waals surface area contributed by atoms with E-state index in [1.165, 1.54) is 31.0 Å². The van der Waals surface area contributed by atoms with E-state index in [0.717, 1.165) is 18.7 Å². The van der Waals surface area contributed by atoms with Crippen LogP contribution < -0.4 is 4.90 Å². The molecule has 0 amide bonds. The fraction of sp³-hybridized carbons (Fsp3) is 0.263. The van der Waals surface area contributed by atoms with E-state index in [2.05, 4.69) is 27.2 Å². The first-order chi connectivity index (χ1) is 11.8. The Labute approximate surface area is 139 Å². The fourth-order valence-electron chi connectivity index (χ4n) is 3.06. The minimum Gasteiger partial charge on any atom is -0.372 e. The summed E-state index contributed by atoms with van der Waals surface area (Å²) in [5, 5.41) is 3.98. The van der Waals surface area contributed by atoms with Crippen LogP contribution in [0.1, 0.15) is 19.3 Å². The lowest BCUT2D eigenvalue weighted by atomic mass is 10.1. The molecule has 2 heterocycles. The van der Waals surface area contributed by atoms with Gasteiger partial charge in [0.15, 0.2) is 0 Å². The number of hydrogen-bond acceptors (Lipinski definition) is 4. The number of piperidine rings is 1. The van der Waals surface area contributed by atoms with Crippen LogP contribution in [-0.4, -0.2) is 23.2 Å². The van der Waals surface area contributed by atoms with Gasteiger partial charge in [-0.3, -0.25) is 0 Å². The highest BCUT2D eigenvalue weighted by atomic mass is 19.1. The lowest BCUT2D eigenvalue weighted by Crippen LogP contribution is -2.29. The standard InChI is InChI=1S/C19H18FN3O/c20-17-7-3-2-6-16(17)19-21-18(22-24-19)14-8-10-15(11-9-14)23-12-4-1-5-13-23/h2-3,6-11H,1,4-5,12-13H2. The molecule has 0 atom stereocenters. The largest absolute Gasteiger partial charge is 0.372 e. The van der Waals surface area contributed by atoms with Gasteiger partial charge in [-0.15, -0.1) is 0 Å². The lowest BCUT2D eigenvalue weighted by molar-refractivity contribution is 0.429. The molecule has 2 aromatic carbocycles. The molecule has 0 spiro atoms. The van der Waals surface area contributed by atoms with Gasteiger partial charge >= 0.3 is 0 Å². The summed E-state index contributed by atoms with van der Waals surface area (Å²) >= 11 is 0. The molecule has 1 saturated heterocycles. The molecule has 4 rings (SSSR count). The molecule has 122 valence electrons. The number of rotatable bonds is 3. The highest BCUT2D eigenvalue weighted by Crippen LogP contribution is 2.26. The lowest BCUT2D eigenvalue weighted by Gasteiger charge is -2.28. The third-order valence-corrected chi connectivity index (χ3v) is 4.38. The highest BCUT2D eigenvalue weighted by molar-refractivity contribution is 5.63. The summed E-state index contributed by atoms with van der Waals surface area (Å²) in [6.07, 6.45) is 3.81. The van der Waals surface area contributed by atoms with Crippen molar-refractivity contribution in [1.29, 1.82) is 0 Å². The van der Waals surface area contributed by atoms with Crippen LogP contribution in [0.2, 0.25) is 0 Å². The summed E-state index contributed by atoms with van der Waals surface area (Å²) in [6.45, 7) is 2.22. The number of hydrogen-bond donors (Lipinski definition) is 0. The quantitative estimate of drug-likeness (QED) is 0.710. The van der Waals surface area contributed by atoms with E-state index in [1.807, 2.05) is 12.1 Å². The zero-order chi connectivity index (χ0) is 16.4. The van der Waals surface area contributed by atoms with Gasteiger partial charge in [0.2, 0.25) is 5.82 Å². The Morgan fingerprint density at radius 1 is 0.917 bits per heavy atom. The Morgan fingerprint density at radius 3 is 2.42 bits per heavy atom. The summed E-state index contributed by atoms with van der Waals surface area (Å²) in [7, 11) is 0. The smallest absolute Gasteiger partial charge is 0.261 e. The first-order valence-corrected chi connectivity index (χ1v) is 8.25. The molecule has 3 aromatic rings. The maximum absolute atomic E-state index is 13.8. The van der Waals surface area contributed by atoms with Crippen LogP contribution in [0.15, 0.2) is 53.1 Å². The third-order valence-electron chi connectivity index (χ3n) is 4.38. The zero-order valence-electron chi connectivity index (χ0n) is 13.3. The van der Waals surface area contributed by atoms with E-state index >= 15 is 0 Å². The summed E-state index contributed by atoms with van der Waals surface area (Å²) in [4.78, 5) is 6.72. The van der Waals surface area contributed by atoms with Crippen molar-refractivity contribution < 1.29 is 8.91 Å². The van der Waals surface area contributed by atoms with Crippen molar-refractivity contribution in [2.45, 2.75) is 19.3 Å². The van der Waals surface area contributed by atoms with Gasteiger partial charge in [0.1, 0.15) is 5.82 Å². The molecule has 0 unspecified atom stereocenters. The van der Waals surface area contributed by atoms with E-state index in [0.29, 0.717) is 11.4 Å². The molecule has 4 nitrogen and oxygen atoms in total. The molecule has 24 heavy (non-hydrogen) atoms. The summed E-state index contributed by atoms with van der Waals surface area (Å²) in [5.41, 5.74) is 2.40. The molecule has 1 aromatic heterocycles. The minimum atomic E-state index is -0.367. The normalized spacial score (nSPS) is 14.8. The number of nitrogens with zero attached hydrogens (tertiary/aromatic N) is 3. The van der Waals surface area contributed by atoms with Crippen molar-refractivity contribution in [3.05, 3.63) is 54.3 Å². The second kappa shape index (κ2) is 6.43. The Balaban J connectivity index is 1.57. The predicted octanol–water partition coefficient (Wildman–Crippen LogP) is 4.53. The van der Waals surface area contributed by atoms with Crippen LogP contribution in [0, 0.1) is 5.82 Å². The summed E-state index contributed by atoms with van der Waals surface area (Å²) < 4.78 is 19.0. The molecule has 0 saturated carbocycles. The van der Waals surface area contributed by atoms with Gasteiger partial charge in [-0.2, -0.15) is 4.98 Å². The Hall–Kier alpha value is -2.69. The van der Waals surface area contributed by atoms with Gasteiger partial charge in [0.05, 0.1) is 5.56 Å². The maximum atomic E-state index is 13.8. The van der Waals surface area contributed by atoms with E-state index in [9.17, 15) is 4.39 Å². The number of aromatic nitrogens is 2. The Bertz CT molecular complexity index is 823. The molecule has 0 bridgehead atoms. The summed E-state index contributed by atoms with van der Waals surface area (Å²) in [6, 6.07) is 14.5. The molecular weight excluding hydrogens is 305 g/mol. The third kappa shape index (κ3) is 2.89. The molecule has 1 fully saturated rings. The minimum absolute atomic E-state index is 0.197. The van der Waals surface area contributed by atoms with Crippen molar-refractivity contribution in [3.63, 3.8) is 0 Å². The van der Waals surface area contributed by atoms with Gasteiger partial charge in [0.25, 0.3) is 5.89 Å². The van der Waals surface area contributed by atoms with Crippen LogP contribution in [-0.2, 0) is 0 Å². The fourth-order valence-corrected chi connectivity index (χ4v) is 3.06. The molecule has 1 aliphatic rings. The van der Waals surface area contributed by atoms with Gasteiger partial charge in [-0.1, -0.05) is 17.3 Å².